The first kappa shape index (κ1) is 29.9. The van der Waals surface area contributed by atoms with Gasteiger partial charge in [-0.15, -0.1) is 0 Å². The van der Waals surface area contributed by atoms with Crippen LogP contribution in [0.5, 0.6) is 0 Å². The van der Waals surface area contributed by atoms with Gasteiger partial charge in [0.2, 0.25) is 0 Å². The molecule has 3 heterocycles. The van der Waals surface area contributed by atoms with Crippen LogP contribution in [0.15, 0.2) is 50.9 Å². The number of hydrogen-bond acceptors (Lipinski definition) is 8. The average molecular weight is 594 g/mol. The van der Waals surface area contributed by atoms with Crippen LogP contribution in [0.3, 0.4) is 0 Å². The minimum absolute atomic E-state index is 0.0161. The monoisotopic (exact) mass is 593 g/mol. The molecule has 1 saturated carbocycles. The number of nitrogens with zero attached hydrogens (tertiary/aromatic N) is 4. The number of anilines is 1. The van der Waals surface area contributed by atoms with E-state index in [0.29, 0.717) is 35.7 Å². The maximum atomic E-state index is 13.7. The summed E-state index contributed by atoms with van der Waals surface area (Å²) in [6, 6.07) is 8.89. The minimum Gasteiger partial charge on any atom is -0.377 e. The lowest BCUT2D eigenvalue weighted by Crippen LogP contribution is -2.40. The topological polar surface area (TPSA) is 127 Å². The molecule has 0 radical (unpaired) electrons. The second kappa shape index (κ2) is 12.3. The summed E-state index contributed by atoms with van der Waals surface area (Å²) in [4.78, 5) is 25.1. The Morgan fingerprint density at radius 3 is 2.62 bits per heavy atom. The third kappa shape index (κ3) is 5.85. The molecule has 0 atom stereocenters. The number of carbonyl (C=O) groups excluding carboxylic acids is 1. The van der Waals surface area contributed by atoms with Crippen LogP contribution in [0.2, 0.25) is 0 Å². The molecule has 1 aliphatic carbocycles. The molecule has 0 saturated heterocycles. The Morgan fingerprint density at radius 1 is 1.14 bits per heavy atom. The Kier molecular flexibility index (Phi) is 8.79. The lowest BCUT2D eigenvalue weighted by Gasteiger charge is -2.23. The van der Waals surface area contributed by atoms with Gasteiger partial charge in [0.15, 0.2) is 5.82 Å². The van der Waals surface area contributed by atoms with Gasteiger partial charge in [0.1, 0.15) is 22.0 Å². The van der Waals surface area contributed by atoms with Gasteiger partial charge in [-0.1, -0.05) is 49.5 Å². The third-order valence-electron chi connectivity index (χ3n) is 8.16. The average Bonchev–Trinajstić information content (AvgIpc) is 3.66. The Morgan fingerprint density at radius 2 is 1.93 bits per heavy atom. The highest BCUT2D eigenvalue weighted by molar-refractivity contribution is 7.92. The maximum Gasteiger partial charge on any atom is 0.265 e. The zero-order valence-electron chi connectivity index (χ0n) is 24.8. The van der Waals surface area contributed by atoms with E-state index in [2.05, 4.69) is 21.8 Å². The molecule has 0 bridgehead atoms. The van der Waals surface area contributed by atoms with E-state index < -0.39 is 15.6 Å². The number of rotatable bonds is 12. The van der Waals surface area contributed by atoms with Crippen molar-refractivity contribution in [3.63, 3.8) is 0 Å². The van der Waals surface area contributed by atoms with Crippen molar-refractivity contribution in [1.29, 1.82) is 0 Å². The van der Waals surface area contributed by atoms with Crippen LogP contribution in [0.25, 0.3) is 11.3 Å². The zero-order valence-corrected chi connectivity index (χ0v) is 25.6. The summed E-state index contributed by atoms with van der Waals surface area (Å²) < 4.78 is 40.6. The SMILES string of the molecule is CCCCC1=NC2(CCCC2)C(=O)N1Cc1ccc(-c2ncccc2S(=O)(=O)Nc2noc(C)c2C)c(COCC)c1. The lowest BCUT2D eigenvalue weighted by atomic mass is 9.97. The number of pyridine rings is 1. The number of benzene rings is 1. The van der Waals surface area contributed by atoms with Crippen LogP contribution in [-0.4, -0.2) is 47.3 Å². The molecule has 42 heavy (non-hydrogen) atoms. The van der Waals surface area contributed by atoms with Crippen molar-refractivity contribution in [2.24, 2.45) is 4.99 Å². The van der Waals surface area contributed by atoms with Crippen molar-refractivity contribution in [3.05, 3.63) is 59.0 Å². The van der Waals surface area contributed by atoms with Crippen LogP contribution in [-0.2, 0) is 32.7 Å². The number of unbranched alkanes of at least 4 members (excludes halogenated alkanes) is 1. The number of aliphatic imine (C=N–C) groups is 1. The summed E-state index contributed by atoms with van der Waals surface area (Å²) in [5.74, 6) is 1.65. The Balaban J connectivity index is 1.49. The minimum atomic E-state index is -4.05. The van der Waals surface area contributed by atoms with E-state index in [9.17, 15) is 13.2 Å². The van der Waals surface area contributed by atoms with Crippen molar-refractivity contribution < 1.29 is 22.5 Å². The van der Waals surface area contributed by atoms with Gasteiger partial charge in [-0.25, -0.2) is 8.42 Å². The fraction of sp³-hybridized carbons (Fsp3) is 0.484. The van der Waals surface area contributed by atoms with Gasteiger partial charge >= 0.3 is 0 Å². The molecule has 1 fully saturated rings. The van der Waals surface area contributed by atoms with E-state index in [4.69, 9.17) is 14.3 Å². The lowest BCUT2D eigenvalue weighted by molar-refractivity contribution is -0.131. The molecule has 0 unspecified atom stereocenters. The molecule has 224 valence electrons. The Labute approximate surface area is 247 Å². The van der Waals surface area contributed by atoms with Crippen LogP contribution in [0.1, 0.15) is 81.2 Å². The Bertz CT molecular complexity index is 1590. The van der Waals surface area contributed by atoms with Gasteiger partial charge in [0.05, 0.1) is 18.8 Å². The summed E-state index contributed by atoms with van der Waals surface area (Å²) in [7, 11) is -4.05. The molecule has 1 amide bonds. The van der Waals surface area contributed by atoms with Crippen molar-refractivity contribution in [2.45, 2.75) is 96.2 Å². The van der Waals surface area contributed by atoms with E-state index in [1.165, 1.54) is 6.07 Å². The predicted molar refractivity (Wildman–Crippen MR) is 160 cm³/mol. The van der Waals surface area contributed by atoms with Crippen molar-refractivity contribution >= 4 is 27.6 Å². The van der Waals surface area contributed by atoms with Gasteiger partial charge < -0.3 is 9.26 Å². The number of hydrogen-bond donors (Lipinski definition) is 1. The highest BCUT2D eigenvalue weighted by Crippen LogP contribution is 2.40. The summed E-state index contributed by atoms with van der Waals surface area (Å²) in [5.41, 5.74) is 2.67. The number of ether oxygens (including phenoxy) is 1. The molecular formula is C31H39N5O5S. The first-order chi connectivity index (χ1) is 20.2. The molecule has 2 aromatic heterocycles. The van der Waals surface area contributed by atoms with Crippen molar-refractivity contribution in [3.8, 4) is 11.3 Å². The smallest absolute Gasteiger partial charge is 0.265 e. The molecule has 5 rings (SSSR count). The predicted octanol–water partition coefficient (Wildman–Crippen LogP) is 5.93. The van der Waals surface area contributed by atoms with E-state index in [1.807, 2.05) is 30.0 Å². The van der Waals surface area contributed by atoms with E-state index >= 15 is 0 Å². The van der Waals surface area contributed by atoms with Crippen LogP contribution >= 0.6 is 0 Å². The van der Waals surface area contributed by atoms with Gasteiger partial charge in [-0.2, -0.15) is 0 Å². The quantitative estimate of drug-likeness (QED) is 0.276. The summed E-state index contributed by atoms with van der Waals surface area (Å²) in [5, 5.41) is 3.86. The van der Waals surface area contributed by atoms with Crippen LogP contribution < -0.4 is 4.72 Å². The molecule has 1 aliphatic heterocycles. The molecule has 1 spiro atoms. The number of amidine groups is 1. The number of carbonyl (C=O) groups is 1. The van der Waals surface area contributed by atoms with Crippen molar-refractivity contribution in [1.82, 2.24) is 15.0 Å². The van der Waals surface area contributed by atoms with E-state index in [0.717, 1.165) is 61.9 Å². The first-order valence-electron chi connectivity index (χ1n) is 14.7. The van der Waals surface area contributed by atoms with Crippen molar-refractivity contribution in [2.75, 3.05) is 11.3 Å². The first-order valence-corrected chi connectivity index (χ1v) is 16.2. The zero-order chi connectivity index (χ0) is 29.9. The van der Waals surface area contributed by atoms with E-state index in [-0.39, 0.29) is 23.2 Å². The molecule has 2 aliphatic rings. The van der Waals surface area contributed by atoms with E-state index in [1.54, 1.807) is 26.1 Å². The summed E-state index contributed by atoms with van der Waals surface area (Å²) in [6.07, 6.45) is 8.02. The fourth-order valence-electron chi connectivity index (χ4n) is 5.69. The number of amides is 1. The molecule has 1 aromatic carbocycles. The standard InChI is InChI=1S/C31H39N5O5S/c1-5-7-12-27-33-31(15-8-9-16-31)30(37)36(27)19-23-13-14-25(24(18-23)20-40-6-2)28-26(11-10-17-32-28)42(38,39)35-29-21(3)22(4)41-34-29/h10-11,13-14,17-18H,5-9,12,15-16,19-20H2,1-4H3,(H,34,35). The Hall–Kier alpha value is -3.57. The molecule has 10 nitrogen and oxygen atoms in total. The molecule has 3 aromatic rings. The van der Waals surface area contributed by atoms with Gasteiger partial charge in [-0.05, 0) is 63.3 Å². The molecule has 11 heteroatoms. The highest BCUT2D eigenvalue weighted by atomic mass is 32.2. The largest absolute Gasteiger partial charge is 0.377 e. The normalized spacial score (nSPS) is 16.4. The second-order valence-electron chi connectivity index (χ2n) is 11.1. The fourth-order valence-corrected chi connectivity index (χ4v) is 6.92. The summed E-state index contributed by atoms with van der Waals surface area (Å²) in [6.45, 7) is 8.67. The summed E-state index contributed by atoms with van der Waals surface area (Å²) >= 11 is 0. The van der Waals surface area contributed by atoms with Gasteiger partial charge in [0, 0.05) is 30.4 Å². The van der Waals surface area contributed by atoms with Crippen LogP contribution in [0.4, 0.5) is 5.82 Å². The second-order valence-corrected chi connectivity index (χ2v) is 12.7. The molecule has 1 N–H and O–H groups in total. The maximum absolute atomic E-state index is 13.7. The number of aromatic nitrogens is 2. The van der Waals surface area contributed by atoms with Gasteiger partial charge in [0.25, 0.3) is 15.9 Å². The highest BCUT2D eigenvalue weighted by Gasteiger charge is 2.49. The number of nitrogens with one attached hydrogen (secondary N) is 1. The van der Waals surface area contributed by atoms with Gasteiger partial charge in [-0.3, -0.25) is 24.4 Å². The number of sulfonamides is 1. The molecular weight excluding hydrogens is 554 g/mol. The van der Waals surface area contributed by atoms with Crippen LogP contribution in [0, 0.1) is 13.8 Å². The third-order valence-corrected chi connectivity index (χ3v) is 9.53. The number of aryl methyl sites for hydroxylation is 1.